The molecule has 0 saturated carbocycles. The molecular weight excluding hydrogens is 306 g/mol. The van der Waals surface area contributed by atoms with Crippen molar-refractivity contribution < 1.29 is 14.7 Å². The molecule has 2 amide bonds. The van der Waals surface area contributed by atoms with Gasteiger partial charge >= 0.3 is 0 Å². The van der Waals surface area contributed by atoms with Gasteiger partial charge in [0, 0.05) is 12.7 Å². The van der Waals surface area contributed by atoms with E-state index in [1.165, 1.54) is 0 Å². The Kier molecular flexibility index (Phi) is 4.20. The largest absolute Gasteiger partial charge is 0.508 e. The number of nitrogens with one attached hydrogen (secondary N) is 1. The number of fused-ring (bicyclic) bond motifs is 1. The van der Waals surface area contributed by atoms with Crippen molar-refractivity contribution in [3.8, 4) is 5.75 Å². The maximum atomic E-state index is 12.7. The second kappa shape index (κ2) is 6.31. The highest BCUT2D eigenvalue weighted by atomic mass is 16.3. The molecule has 2 aliphatic heterocycles. The van der Waals surface area contributed by atoms with Gasteiger partial charge in [-0.2, -0.15) is 4.99 Å². The van der Waals surface area contributed by atoms with Crippen LogP contribution in [-0.4, -0.2) is 39.7 Å². The molecular formula is C18H19N3O3. The molecule has 1 atom stereocenters. The molecule has 0 aromatic heterocycles. The van der Waals surface area contributed by atoms with Crippen LogP contribution in [0.1, 0.15) is 18.9 Å². The number of phenols is 1. The molecule has 0 radical (unpaired) electrons. The van der Waals surface area contributed by atoms with Gasteiger partial charge in [0.05, 0.1) is 6.42 Å². The predicted octanol–water partition coefficient (Wildman–Crippen LogP) is 1.52. The standard InChI is InChI=1S/C18H19N3O3/c1-18(12-16(23)20-15-4-2-3-11-21(15)18)17(24)19-10-9-13-5-7-14(22)8-6-13/h2-8,11,22H,9-10,12H2,1H3,(H,19,24). The zero-order valence-corrected chi connectivity index (χ0v) is 13.4. The summed E-state index contributed by atoms with van der Waals surface area (Å²) in [5.74, 6) is 0.206. The van der Waals surface area contributed by atoms with Crippen molar-refractivity contribution in [2.45, 2.75) is 25.3 Å². The fourth-order valence-corrected chi connectivity index (χ4v) is 2.85. The molecule has 3 rings (SSSR count). The van der Waals surface area contributed by atoms with Crippen molar-refractivity contribution in [3.05, 3.63) is 54.3 Å². The van der Waals surface area contributed by atoms with Crippen LogP contribution < -0.4 is 5.32 Å². The van der Waals surface area contributed by atoms with E-state index in [0.29, 0.717) is 18.8 Å². The fraction of sp³-hybridized carbons (Fsp3) is 0.278. The highest BCUT2D eigenvalue weighted by Gasteiger charge is 2.44. The fourth-order valence-electron chi connectivity index (χ4n) is 2.85. The van der Waals surface area contributed by atoms with E-state index in [1.807, 2.05) is 18.2 Å². The molecule has 1 aromatic carbocycles. The van der Waals surface area contributed by atoms with E-state index >= 15 is 0 Å². The summed E-state index contributed by atoms with van der Waals surface area (Å²) in [6.45, 7) is 2.20. The molecule has 6 nitrogen and oxygen atoms in total. The van der Waals surface area contributed by atoms with Gasteiger partial charge in [-0.05, 0) is 43.2 Å². The smallest absolute Gasteiger partial charge is 0.250 e. The number of amides is 2. The molecule has 2 heterocycles. The van der Waals surface area contributed by atoms with Gasteiger partial charge in [-0.3, -0.25) is 9.59 Å². The minimum atomic E-state index is -0.982. The van der Waals surface area contributed by atoms with E-state index in [1.54, 1.807) is 42.3 Å². The summed E-state index contributed by atoms with van der Waals surface area (Å²) >= 11 is 0. The molecule has 0 fully saturated rings. The van der Waals surface area contributed by atoms with Gasteiger partial charge in [0.25, 0.3) is 5.91 Å². The van der Waals surface area contributed by atoms with Crippen molar-refractivity contribution in [1.82, 2.24) is 10.2 Å². The van der Waals surface area contributed by atoms with E-state index in [2.05, 4.69) is 10.3 Å². The van der Waals surface area contributed by atoms with Crippen LogP contribution in [0.5, 0.6) is 5.75 Å². The normalized spacial score (nSPS) is 22.1. The zero-order valence-electron chi connectivity index (χ0n) is 13.4. The Morgan fingerprint density at radius 3 is 2.83 bits per heavy atom. The Morgan fingerprint density at radius 1 is 1.33 bits per heavy atom. The van der Waals surface area contributed by atoms with Crippen LogP contribution in [0.4, 0.5) is 0 Å². The van der Waals surface area contributed by atoms with Gasteiger partial charge in [-0.25, -0.2) is 0 Å². The molecule has 0 saturated heterocycles. The minimum absolute atomic E-state index is 0.0414. The first-order valence-corrected chi connectivity index (χ1v) is 7.81. The summed E-state index contributed by atoms with van der Waals surface area (Å²) in [5.41, 5.74) is 0.0331. The molecule has 0 bridgehead atoms. The summed E-state index contributed by atoms with van der Waals surface area (Å²) in [7, 11) is 0. The first-order valence-electron chi connectivity index (χ1n) is 7.81. The molecule has 1 unspecified atom stereocenters. The highest BCUT2D eigenvalue weighted by molar-refractivity contribution is 6.09. The van der Waals surface area contributed by atoms with Crippen molar-refractivity contribution in [2.75, 3.05) is 6.54 Å². The van der Waals surface area contributed by atoms with Crippen LogP contribution in [0.3, 0.4) is 0 Å². The number of nitrogens with zero attached hydrogens (tertiary/aromatic N) is 2. The van der Waals surface area contributed by atoms with Crippen LogP contribution >= 0.6 is 0 Å². The number of hydrogen-bond donors (Lipinski definition) is 2. The number of amidine groups is 1. The molecule has 6 heteroatoms. The molecule has 124 valence electrons. The summed E-state index contributed by atoms with van der Waals surface area (Å²) in [4.78, 5) is 30.3. The van der Waals surface area contributed by atoms with E-state index in [-0.39, 0.29) is 24.0 Å². The SMILES string of the molecule is CC1(C(=O)NCCc2ccc(O)cc2)CC(=O)N=C2C=CC=CN21. The van der Waals surface area contributed by atoms with Crippen molar-refractivity contribution >= 4 is 17.6 Å². The maximum Gasteiger partial charge on any atom is 0.250 e. The molecule has 2 aliphatic rings. The molecule has 2 N–H and O–H groups in total. The third-order valence-electron chi connectivity index (χ3n) is 4.23. The van der Waals surface area contributed by atoms with E-state index in [9.17, 15) is 14.7 Å². The Bertz CT molecular complexity index is 749. The number of phenolic OH excluding ortho intramolecular Hbond substituents is 1. The average Bonchev–Trinajstić information content (AvgIpc) is 2.56. The van der Waals surface area contributed by atoms with Gasteiger partial charge in [-0.1, -0.05) is 18.2 Å². The number of aliphatic imine (C=N–C) groups is 1. The van der Waals surface area contributed by atoms with E-state index < -0.39 is 5.54 Å². The first kappa shape index (κ1) is 16.0. The van der Waals surface area contributed by atoms with Gasteiger partial charge in [0.15, 0.2) is 0 Å². The number of aromatic hydroxyl groups is 1. The predicted molar refractivity (Wildman–Crippen MR) is 90.4 cm³/mol. The number of carbonyl (C=O) groups is 2. The Morgan fingerprint density at radius 2 is 2.08 bits per heavy atom. The van der Waals surface area contributed by atoms with Gasteiger partial charge < -0.3 is 15.3 Å². The lowest BCUT2D eigenvalue weighted by atomic mass is 9.91. The second-order valence-electron chi connectivity index (χ2n) is 6.06. The molecule has 1 aromatic rings. The van der Waals surface area contributed by atoms with Gasteiger partial charge in [-0.15, -0.1) is 0 Å². The number of rotatable bonds is 4. The third kappa shape index (κ3) is 3.08. The lowest BCUT2D eigenvalue weighted by Gasteiger charge is -2.41. The van der Waals surface area contributed by atoms with Crippen LogP contribution in [-0.2, 0) is 16.0 Å². The average molecular weight is 325 g/mol. The van der Waals surface area contributed by atoms with Gasteiger partial charge in [0.2, 0.25) is 5.91 Å². The highest BCUT2D eigenvalue weighted by Crippen LogP contribution is 2.28. The summed E-state index contributed by atoms with van der Waals surface area (Å²) in [6, 6.07) is 6.87. The Hall–Kier alpha value is -2.89. The minimum Gasteiger partial charge on any atom is -0.508 e. The first-order chi connectivity index (χ1) is 11.5. The topological polar surface area (TPSA) is 82.0 Å². The van der Waals surface area contributed by atoms with Crippen molar-refractivity contribution in [3.63, 3.8) is 0 Å². The summed E-state index contributed by atoms with van der Waals surface area (Å²) in [6.07, 6.45) is 7.78. The second-order valence-corrected chi connectivity index (χ2v) is 6.06. The number of benzene rings is 1. The monoisotopic (exact) mass is 325 g/mol. The Balaban J connectivity index is 1.66. The van der Waals surface area contributed by atoms with E-state index in [4.69, 9.17) is 0 Å². The van der Waals surface area contributed by atoms with Crippen LogP contribution in [0.2, 0.25) is 0 Å². The van der Waals surface area contributed by atoms with Crippen LogP contribution in [0.15, 0.2) is 53.7 Å². The van der Waals surface area contributed by atoms with Crippen molar-refractivity contribution in [1.29, 1.82) is 0 Å². The lowest BCUT2D eigenvalue weighted by molar-refractivity contribution is -0.134. The zero-order chi connectivity index (χ0) is 17.2. The summed E-state index contributed by atoms with van der Waals surface area (Å²) < 4.78 is 0. The van der Waals surface area contributed by atoms with E-state index in [0.717, 1.165) is 5.56 Å². The number of allylic oxidation sites excluding steroid dienone is 2. The Labute approximate surface area is 140 Å². The number of hydrogen-bond acceptors (Lipinski definition) is 4. The lowest BCUT2D eigenvalue weighted by Crippen LogP contribution is -2.60. The van der Waals surface area contributed by atoms with Crippen molar-refractivity contribution in [2.24, 2.45) is 4.99 Å². The van der Waals surface area contributed by atoms with Crippen LogP contribution in [0.25, 0.3) is 0 Å². The number of carbonyl (C=O) groups excluding carboxylic acids is 2. The van der Waals surface area contributed by atoms with Gasteiger partial charge in [0.1, 0.15) is 17.1 Å². The quantitative estimate of drug-likeness (QED) is 0.879. The van der Waals surface area contributed by atoms with Crippen LogP contribution in [0, 0.1) is 0 Å². The summed E-state index contributed by atoms with van der Waals surface area (Å²) in [5, 5.41) is 12.2. The molecule has 0 aliphatic carbocycles. The maximum absolute atomic E-state index is 12.7. The molecule has 24 heavy (non-hydrogen) atoms. The molecule has 0 spiro atoms. The third-order valence-corrected chi connectivity index (χ3v) is 4.23.